The predicted octanol–water partition coefficient (Wildman–Crippen LogP) is 7.77. The van der Waals surface area contributed by atoms with E-state index in [0.29, 0.717) is 0 Å². The van der Waals surface area contributed by atoms with Gasteiger partial charge in [0.25, 0.3) is 0 Å². The van der Waals surface area contributed by atoms with E-state index in [1.165, 1.54) is 54.7 Å². The Morgan fingerprint density at radius 2 is 1.00 bits per heavy atom. The summed E-state index contributed by atoms with van der Waals surface area (Å²) in [5.41, 5.74) is 7.78. The summed E-state index contributed by atoms with van der Waals surface area (Å²) in [5, 5.41) is 5.26. The molecule has 5 aromatic rings. The molecule has 0 aliphatic heterocycles. The maximum absolute atomic E-state index is 3.90. The van der Waals surface area contributed by atoms with Crippen molar-refractivity contribution in [1.29, 1.82) is 0 Å². The van der Waals surface area contributed by atoms with Gasteiger partial charge in [0.15, 0.2) is 0 Å². The number of fused-ring (bicyclic) bond motifs is 8. The van der Waals surface area contributed by atoms with Crippen molar-refractivity contribution in [3.05, 3.63) is 98.1 Å². The second-order valence-electron chi connectivity index (χ2n) is 7.58. The number of para-hydroxylation sites is 3. The SMILES string of the molecule is C=Cn1c2ccccc2c2cc3cc-3c21.C=Cn1c2ccccc2c2ccccc21. The third kappa shape index (κ3) is 2.25. The van der Waals surface area contributed by atoms with Crippen LogP contribution in [0.4, 0.5) is 0 Å². The molecule has 0 N–H and O–H groups in total. The zero-order valence-corrected chi connectivity index (χ0v) is 16.5. The van der Waals surface area contributed by atoms with Crippen molar-refractivity contribution < 1.29 is 0 Å². The van der Waals surface area contributed by atoms with Crippen LogP contribution in [0.15, 0.2) is 98.1 Å². The average molecular weight is 384 g/mol. The number of nitrogens with zero attached hydrogens (tertiary/aromatic N) is 2. The quantitative estimate of drug-likeness (QED) is 0.288. The Morgan fingerprint density at radius 1 is 0.533 bits per heavy atom. The van der Waals surface area contributed by atoms with E-state index in [4.69, 9.17) is 0 Å². The summed E-state index contributed by atoms with van der Waals surface area (Å²) < 4.78 is 4.32. The maximum Gasteiger partial charge on any atom is 0.0613 e. The molecule has 0 spiro atoms. The van der Waals surface area contributed by atoms with Crippen LogP contribution in [-0.4, -0.2) is 9.13 Å². The minimum atomic E-state index is 1.22. The molecule has 0 unspecified atom stereocenters. The minimum absolute atomic E-state index is 1.22. The zero-order chi connectivity index (χ0) is 20.2. The first-order valence-electron chi connectivity index (χ1n) is 10.1. The van der Waals surface area contributed by atoms with Gasteiger partial charge in [-0.3, -0.25) is 0 Å². The van der Waals surface area contributed by atoms with Crippen LogP contribution in [0.5, 0.6) is 0 Å². The molecule has 2 heterocycles. The third-order valence-electron chi connectivity index (χ3n) is 6.01. The second kappa shape index (κ2) is 6.23. The number of hydrogen-bond acceptors (Lipinski definition) is 0. The van der Waals surface area contributed by atoms with Gasteiger partial charge in [0.2, 0.25) is 0 Å². The number of rotatable bonds is 2. The van der Waals surface area contributed by atoms with Crippen molar-refractivity contribution in [2.24, 2.45) is 0 Å². The molecule has 30 heavy (non-hydrogen) atoms. The first-order valence-corrected chi connectivity index (χ1v) is 10.1. The minimum Gasteiger partial charge on any atom is -0.317 e. The van der Waals surface area contributed by atoms with Gasteiger partial charge in [0.1, 0.15) is 0 Å². The molecule has 2 aliphatic carbocycles. The molecular weight excluding hydrogens is 364 g/mol. The topological polar surface area (TPSA) is 9.86 Å². The molecule has 142 valence electrons. The Kier molecular flexibility index (Phi) is 3.50. The molecule has 0 atom stereocenters. The Morgan fingerprint density at radius 3 is 1.53 bits per heavy atom. The molecule has 0 saturated heterocycles. The summed E-state index contributed by atoms with van der Waals surface area (Å²) in [7, 11) is 0. The molecule has 2 aliphatic rings. The standard InChI is InChI=1S/C14H9N.C14H11N/c1-2-15-13-6-4-3-5-10(13)12-8-9-7-11(9)14(12)15;1-2-15-13-9-5-3-7-11(13)12-8-4-6-10-14(12)15/h2-8H,1H2;2-10H,1H2. The van der Waals surface area contributed by atoms with Gasteiger partial charge in [-0.25, -0.2) is 0 Å². The monoisotopic (exact) mass is 384 g/mol. The van der Waals surface area contributed by atoms with E-state index in [-0.39, 0.29) is 0 Å². The van der Waals surface area contributed by atoms with E-state index in [0.717, 1.165) is 0 Å². The molecule has 2 aromatic heterocycles. The summed E-state index contributed by atoms with van der Waals surface area (Å²) in [4.78, 5) is 0. The van der Waals surface area contributed by atoms with Gasteiger partial charge in [-0.2, -0.15) is 0 Å². The smallest absolute Gasteiger partial charge is 0.0613 e. The average Bonchev–Trinajstić information content (AvgIpc) is 3.20. The van der Waals surface area contributed by atoms with Crippen molar-refractivity contribution in [3.8, 4) is 11.1 Å². The fourth-order valence-electron chi connectivity index (χ4n) is 4.65. The molecular formula is C28H20N2. The van der Waals surface area contributed by atoms with Gasteiger partial charge in [0, 0.05) is 39.5 Å². The highest BCUT2D eigenvalue weighted by molar-refractivity contribution is 6.20. The highest BCUT2D eigenvalue weighted by Gasteiger charge is 2.22. The summed E-state index contributed by atoms with van der Waals surface area (Å²) in [6.07, 6.45) is 3.77. The molecule has 0 saturated carbocycles. The van der Waals surface area contributed by atoms with E-state index in [1.807, 2.05) is 12.4 Å². The normalized spacial score (nSPS) is 11.6. The lowest BCUT2D eigenvalue weighted by Gasteiger charge is -1.97. The van der Waals surface area contributed by atoms with Crippen molar-refractivity contribution in [2.45, 2.75) is 0 Å². The number of hydrogen-bond donors (Lipinski definition) is 0. The Hall–Kier alpha value is -4.04. The number of aromatic nitrogens is 2. The fourth-order valence-corrected chi connectivity index (χ4v) is 4.65. The van der Waals surface area contributed by atoms with Gasteiger partial charge < -0.3 is 9.13 Å². The van der Waals surface area contributed by atoms with Crippen LogP contribution >= 0.6 is 0 Å². The number of benzene rings is 4. The van der Waals surface area contributed by atoms with Crippen LogP contribution in [0.1, 0.15) is 0 Å². The summed E-state index contributed by atoms with van der Waals surface area (Å²) >= 11 is 0. The lowest BCUT2D eigenvalue weighted by atomic mass is 10.2. The lowest BCUT2D eigenvalue weighted by Crippen LogP contribution is -1.82. The van der Waals surface area contributed by atoms with Gasteiger partial charge in [-0.05, 0) is 35.9 Å². The van der Waals surface area contributed by atoms with Crippen molar-refractivity contribution in [1.82, 2.24) is 9.13 Å². The first-order chi connectivity index (χ1) is 14.8. The van der Waals surface area contributed by atoms with Crippen LogP contribution in [0.25, 0.3) is 67.1 Å². The van der Waals surface area contributed by atoms with Crippen molar-refractivity contribution >= 4 is 56.0 Å². The van der Waals surface area contributed by atoms with E-state index < -0.39 is 0 Å². The second-order valence-corrected chi connectivity index (χ2v) is 7.58. The molecule has 0 fully saturated rings. The molecule has 3 aromatic carbocycles. The van der Waals surface area contributed by atoms with Crippen LogP contribution in [0, 0.1) is 0 Å². The fraction of sp³-hybridized carbons (Fsp3) is 0. The molecule has 2 nitrogen and oxygen atoms in total. The summed E-state index contributed by atoms with van der Waals surface area (Å²) in [6, 6.07) is 29.8. The molecule has 7 rings (SSSR count). The van der Waals surface area contributed by atoms with E-state index in [2.05, 4.69) is 107 Å². The largest absolute Gasteiger partial charge is 0.317 e. The van der Waals surface area contributed by atoms with E-state index >= 15 is 0 Å². The lowest BCUT2D eigenvalue weighted by molar-refractivity contribution is 1.30. The van der Waals surface area contributed by atoms with Gasteiger partial charge >= 0.3 is 0 Å². The van der Waals surface area contributed by atoms with E-state index in [9.17, 15) is 0 Å². The highest BCUT2D eigenvalue weighted by atomic mass is 15.0. The van der Waals surface area contributed by atoms with Crippen molar-refractivity contribution in [2.75, 3.05) is 0 Å². The molecule has 0 bridgehead atoms. The maximum atomic E-state index is 3.90. The molecule has 0 radical (unpaired) electrons. The Labute approximate surface area is 174 Å². The zero-order valence-electron chi connectivity index (χ0n) is 16.5. The van der Waals surface area contributed by atoms with Crippen molar-refractivity contribution in [3.63, 3.8) is 0 Å². The van der Waals surface area contributed by atoms with Crippen LogP contribution in [0.3, 0.4) is 0 Å². The molecule has 0 amide bonds. The van der Waals surface area contributed by atoms with Crippen LogP contribution in [0.2, 0.25) is 0 Å². The highest BCUT2D eigenvalue weighted by Crippen LogP contribution is 2.46. The Bertz CT molecular complexity index is 1520. The van der Waals surface area contributed by atoms with E-state index in [1.54, 1.807) is 0 Å². The summed E-state index contributed by atoms with van der Waals surface area (Å²) in [6.45, 7) is 7.76. The summed E-state index contributed by atoms with van der Waals surface area (Å²) in [5.74, 6) is 0. The first kappa shape index (κ1) is 16.9. The van der Waals surface area contributed by atoms with Gasteiger partial charge in [-0.1, -0.05) is 67.8 Å². The Balaban J connectivity index is 0.000000117. The predicted molar refractivity (Wildman–Crippen MR) is 131 cm³/mol. The van der Waals surface area contributed by atoms with Gasteiger partial charge in [-0.15, -0.1) is 0 Å². The van der Waals surface area contributed by atoms with Gasteiger partial charge in [0.05, 0.1) is 22.1 Å². The third-order valence-corrected chi connectivity index (χ3v) is 6.01. The molecule has 2 heteroatoms. The van der Waals surface area contributed by atoms with Crippen LogP contribution < -0.4 is 0 Å². The van der Waals surface area contributed by atoms with Crippen LogP contribution in [-0.2, 0) is 0 Å².